The molecule has 0 aliphatic carbocycles. The van der Waals surface area contributed by atoms with Gasteiger partial charge in [0.2, 0.25) is 0 Å². The van der Waals surface area contributed by atoms with E-state index in [1.54, 1.807) is 0 Å². The molecule has 0 aliphatic heterocycles. The first kappa shape index (κ1) is 25.6. The van der Waals surface area contributed by atoms with Gasteiger partial charge in [-0.25, -0.2) is 0 Å². The van der Waals surface area contributed by atoms with Crippen molar-refractivity contribution in [3.63, 3.8) is 0 Å². The Morgan fingerprint density at radius 3 is 0.976 bits per heavy atom. The van der Waals surface area contributed by atoms with Crippen molar-refractivity contribution in [1.29, 1.82) is 0 Å². The molecule has 0 N–H and O–H groups in total. The Morgan fingerprint density at radius 2 is 0.512 bits per heavy atom. The van der Waals surface area contributed by atoms with Gasteiger partial charge in [0.25, 0.3) is 0 Å². The first-order chi connectivity index (χ1) is 20.3. The van der Waals surface area contributed by atoms with E-state index < -0.39 is 0 Å². The molecule has 5 nitrogen and oxygen atoms in total. The van der Waals surface area contributed by atoms with Crippen LogP contribution >= 0.6 is 0 Å². The van der Waals surface area contributed by atoms with Crippen molar-refractivity contribution in [2.24, 2.45) is 0 Å². The van der Waals surface area contributed by atoms with Crippen molar-refractivity contribution in [2.75, 3.05) is 0 Å². The molecule has 0 fully saturated rings. The zero-order valence-electron chi connectivity index (χ0n) is 22.1. The molecular formula is C36H26O5. The van der Waals surface area contributed by atoms with Gasteiger partial charge in [-0.2, -0.15) is 0 Å². The standard InChI is InChI=1S/C36H26O5/c1-3-13-27(14-4-1)37-29-17-11-18-30(25-29)38-31-19-12-20-32(26-31)40-34-22-8-10-24-36(34)41-35-23-9-7-21-33(35)39-28-15-5-2-6-16-28/h1-26H. The third-order valence-corrected chi connectivity index (χ3v) is 5.94. The summed E-state index contributed by atoms with van der Waals surface area (Å²) in [6, 6.07) is 49.2. The van der Waals surface area contributed by atoms with E-state index in [0.717, 1.165) is 11.5 Å². The van der Waals surface area contributed by atoms with Crippen molar-refractivity contribution in [2.45, 2.75) is 0 Å². The molecule has 0 aliphatic rings. The van der Waals surface area contributed by atoms with E-state index in [1.807, 2.05) is 158 Å². The highest BCUT2D eigenvalue weighted by Gasteiger charge is 2.12. The Hall–Kier alpha value is -5.68. The molecule has 200 valence electrons. The summed E-state index contributed by atoms with van der Waals surface area (Å²) < 4.78 is 30.7. The molecule has 5 heteroatoms. The summed E-state index contributed by atoms with van der Waals surface area (Å²) in [6.45, 7) is 0. The van der Waals surface area contributed by atoms with Gasteiger partial charge in [0.05, 0.1) is 0 Å². The van der Waals surface area contributed by atoms with Gasteiger partial charge in [0.1, 0.15) is 34.5 Å². The van der Waals surface area contributed by atoms with E-state index in [9.17, 15) is 0 Å². The lowest BCUT2D eigenvalue weighted by atomic mass is 10.2. The van der Waals surface area contributed by atoms with Crippen molar-refractivity contribution in [3.8, 4) is 57.5 Å². The SMILES string of the molecule is c1ccc(Oc2cccc(Oc3cccc(Oc4ccccc4Oc4ccccc4Oc4ccccc4)c3)c2)cc1. The van der Waals surface area contributed by atoms with Gasteiger partial charge in [-0.3, -0.25) is 0 Å². The van der Waals surface area contributed by atoms with Crippen LogP contribution in [0.4, 0.5) is 0 Å². The van der Waals surface area contributed by atoms with E-state index in [0.29, 0.717) is 46.0 Å². The molecule has 41 heavy (non-hydrogen) atoms. The second-order valence-corrected chi connectivity index (χ2v) is 8.98. The third-order valence-electron chi connectivity index (χ3n) is 5.94. The van der Waals surface area contributed by atoms with Gasteiger partial charge in [-0.15, -0.1) is 0 Å². The minimum absolute atomic E-state index is 0.550. The summed E-state index contributed by atoms with van der Waals surface area (Å²) in [5.74, 6) is 6.31. The van der Waals surface area contributed by atoms with E-state index in [4.69, 9.17) is 23.7 Å². The van der Waals surface area contributed by atoms with Crippen LogP contribution in [-0.2, 0) is 0 Å². The molecule has 6 aromatic carbocycles. The van der Waals surface area contributed by atoms with Crippen molar-refractivity contribution >= 4 is 0 Å². The summed E-state index contributed by atoms with van der Waals surface area (Å²) in [4.78, 5) is 0. The Kier molecular flexibility index (Phi) is 7.77. The molecule has 0 amide bonds. The number of ether oxygens (including phenoxy) is 5. The lowest BCUT2D eigenvalue weighted by Gasteiger charge is -2.15. The van der Waals surface area contributed by atoms with Crippen LogP contribution < -0.4 is 23.7 Å². The number of hydrogen-bond acceptors (Lipinski definition) is 5. The van der Waals surface area contributed by atoms with Crippen molar-refractivity contribution in [3.05, 3.63) is 158 Å². The van der Waals surface area contributed by atoms with E-state index in [-0.39, 0.29) is 0 Å². The first-order valence-electron chi connectivity index (χ1n) is 13.2. The van der Waals surface area contributed by atoms with Crippen molar-refractivity contribution < 1.29 is 23.7 Å². The predicted molar refractivity (Wildman–Crippen MR) is 159 cm³/mol. The highest BCUT2D eigenvalue weighted by molar-refractivity contribution is 5.50. The lowest BCUT2D eigenvalue weighted by Crippen LogP contribution is -1.93. The number of rotatable bonds is 10. The van der Waals surface area contributed by atoms with Crippen LogP contribution in [0, 0.1) is 0 Å². The fraction of sp³-hybridized carbons (Fsp3) is 0. The maximum absolute atomic E-state index is 6.28. The normalized spacial score (nSPS) is 10.4. The van der Waals surface area contributed by atoms with Crippen molar-refractivity contribution in [1.82, 2.24) is 0 Å². The van der Waals surface area contributed by atoms with Crippen LogP contribution in [0.5, 0.6) is 57.5 Å². The topological polar surface area (TPSA) is 46.2 Å². The third kappa shape index (κ3) is 6.85. The van der Waals surface area contributed by atoms with E-state index in [2.05, 4.69) is 0 Å². The average Bonchev–Trinajstić information content (AvgIpc) is 3.01. The van der Waals surface area contributed by atoms with Crippen LogP contribution in [0.3, 0.4) is 0 Å². The smallest absolute Gasteiger partial charge is 0.170 e. The van der Waals surface area contributed by atoms with Crippen LogP contribution in [-0.4, -0.2) is 0 Å². The van der Waals surface area contributed by atoms with Crippen LogP contribution in [0.25, 0.3) is 0 Å². The Balaban J connectivity index is 1.17. The molecule has 0 saturated heterocycles. The Bertz CT molecular complexity index is 1720. The minimum atomic E-state index is 0.550. The number of hydrogen-bond donors (Lipinski definition) is 0. The molecular weight excluding hydrogens is 512 g/mol. The molecule has 0 aromatic heterocycles. The summed E-state index contributed by atoms with van der Waals surface area (Å²) in [7, 11) is 0. The van der Waals surface area contributed by atoms with Gasteiger partial charge in [0, 0.05) is 12.1 Å². The highest BCUT2D eigenvalue weighted by Crippen LogP contribution is 2.40. The average molecular weight is 539 g/mol. The number of para-hydroxylation sites is 6. The molecule has 0 bridgehead atoms. The van der Waals surface area contributed by atoms with Gasteiger partial charge < -0.3 is 23.7 Å². The maximum atomic E-state index is 6.28. The Labute approximate surface area is 238 Å². The summed E-state index contributed by atoms with van der Waals surface area (Å²) in [6.07, 6.45) is 0. The quantitative estimate of drug-likeness (QED) is 0.174. The summed E-state index contributed by atoms with van der Waals surface area (Å²) in [5.41, 5.74) is 0. The molecule has 0 atom stereocenters. The minimum Gasteiger partial charge on any atom is -0.457 e. The summed E-state index contributed by atoms with van der Waals surface area (Å²) >= 11 is 0. The highest BCUT2D eigenvalue weighted by atomic mass is 16.5. The van der Waals surface area contributed by atoms with Gasteiger partial charge in [0.15, 0.2) is 23.0 Å². The second-order valence-electron chi connectivity index (χ2n) is 8.98. The zero-order valence-corrected chi connectivity index (χ0v) is 22.1. The largest absolute Gasteiger partial charge is 0.457 e. The fourth-order valence-corrected chi connectivity index (χ4v) is 4.06. The van der Waals surface area contributed by atoms with Crippen LogP contribution in [0.1, 0.15) is 0 Å². The first-order valence-corrected chi connectivity index (χ1v) is 13.2. The van der Waals surface area contributed by atoms with Crippen LogP contribution in [0.15, 0.2) is 158 Å². The van der Waals surface area contributed by atoms with E-state index >= 15 is 0 Å². The van der Waals surface area contributed by atoms with Gasteiger partial charge in [-0.05, 0) is 72.8 Å². The van der Waals surface area contributed by atoms with Gasteiger partial charge in [-0.1, -0.05) is 72.8 Å². The molecule has 0 unspecified atom stereocenters. The Morgan fingerprint density at radius 1 is 0.220 bits per heavy atom. The fourth-order valence-electron chi connectivity index (χ4n) is 4.06. The monoisotopic (exact) mass is 538 g/mol. The summed E-state index contributed by atoms with van der Waals surface area (Å²) in [5, 5.41) is 0. The maximum Gasteiger partial charge on any atom is 0.170 e. The zero-order chi connectivity index (χ0) is 27.7. The predicted octanol–water partition coefficient (Wildman–Crippen LogP) is 10.6. The lowest BCUT2D eigenvalue weighted by molar-refractivity contribution is 0.393. The van der Waals surface area contributed by atoms with Gasteiger partial charge >= 0.3 is 0 Å². The molecule has 6 aromatic rings. The molecule has 0 spiro atoms. The molecule has 0 saturated carbocycles. The molecule has 0 radical (unpaired) electrons. The van der Waals surface area contributed by atoms with E-state index in [1.165, 1.54) is 0 Å². The molecule has 6 rings (SSSR count). The van der Waals surface area contributed by atoms with Crippen LogP contribution in [0.2, 0.25) is 0 Å². The number of benzene rings is 6. The second kappa shape index (κ2) is 12.5. The molecule has 0 heterocycles.